The number of likely N-dealkylation sites (tertiary alicyclic amines) is 1. The van der Waals surface area contributed by atoms with Gasteiger partial charge in [0.25, 0.3) is 0 Å². The van der Waals surface area contributed by atoms with Crippen molar-refractivity contribution in [3.63, 3.8) is 0 Å². The Morgan fingerprint density at radius 3 is 2.64 bits per heavy atom. The molecular formula is C18H28N2O2. The Bertz CT molecular complexity index is 505. The Balaban J connectivity index is 1.86. The van der Waals surface area contributed by atoms with E-state index < -0.39 is 0 Å². The number of carbonyl (C=O) groups is 1. The zero-order valence-electron chi connectivity index (χ0n) is 14.2. The van der Waals surface area contributed by atoms with Crippen molar-refractivity contribution in [1.82, 2.24) is 10.2 Å². The third kappa shape index (κ3) is 4.23. The van der Waals surface area contributed by atoms with Crippen LogP contribution in [0.25, 0.3) is 0 Å². The summed E-state index contributed by atoms with van der Waals surface area (Å²) in [7, 11) is 0. The first kappa shape index (κ1) is 16.8. The number of nitrogens with one attached hydrogen (secondary N) is 1. The summed E-state index contributed by atoms with van der Waals surface area (Å²) >= 11 is 0. The van der Waals surface area contributed by atoms with Crippen molar-refractivity contribution in [2.24, 2.45) is 5.92 Å². The summed E-state index contributed by atoms with van der Waals surface area (Å²) in [5.74, 6) is 0.480. The number of aryl methyl sites for hydroxylation is 3. The van der Waals surface area contributed by atoms with E-state index in [0.29, 0.717) is 12.5 Å². The van der Waals surface area contributed by atoms with E-state index in [1.54, 1.807) is 0 Å². The van der Waals surface area contributed by atoms with Crippen LogP contribution in [0, 0.1) is 26.7 Å². The second-order valence-corrected chi connectivity index (χ2v) is 6.30. The molecule has 1 heterocycles. The van der Waals surface area contributed by atoms with Gasteiger partial charge in [-0.25, -0.2) is 4.79 Å². The second-order valence-electron chi connectivity index (χ2n) is 6.30. The number of urea groups is 1. The minimum atomic E-state index is 0.0402. The molecule has 22 heavy (non-hydrogen) atoms. The molecule has 1 aromatic carbocycles. The quantitative estimate of drug-likeness (QED) is 0.908. The molecule has 1 saturated heterocycles. The van der Waals surface area contributed by atoms with Crippen LogP contribution >= 0.6 is 0 Å². The van der Waals surface area contributed by atoms with E-state index in [4.69, 9.17) is 4.74 Å². The lowest BCUT2D eigenvalue weighted by molar-refractivity contribution is 0.113. The summed E-state index contributed by atoms with van der Waals surface area (Å²) in [5.41, 5.74) is 4.98. The molecule has 0 saturated carbocycles. The van der Waals surface area contributed by atoms with Gasteiger partial charge in [-0.1, -0.05) is 17.7 Å². The molecule has 122 valence electrons. The van der Waals surface area contributed by atoms with Crippen molar-refractivity contribution >= 4 is 6.03 Å². The van der Waals surface area contributed by atoms with Crippen LogP contribution in [0.15, 0.2) is 12.1 Å². The minimum Gasteiger partial charge on any atom is -0.381 e. The number of nitrogens with zero attached hydrogens (tertiary/aromatic N) is 1. The molecule has 0 aromatic heterocycles. The Kier molecular flexibility index (Phi) is 5.83. The molecule has 0 unspecified atom stereocenters. The maximum Gasteiger partial charge on any atom is 0.317 e. The first-order chi connectivity index (χ1) is 10.5. The maximum absolute atomic E-state index is 12.3. The van der Waals surface area contributed by atoms with Crippen LogP contribution in [0.3, 0.4) is 0 Å². The van der Waals surface area contributed by atoms with Crippen molar-refractivity contribution < 1.29 is 9.53 Å². The van der Waals surface area contributed by atoms with E-state index >= 15 is 0 Å². The SMILES string of the molecule is CCOC[C@@H]1CCN(C(=O)NCc2c(C)cc(C)cc2C)C1. The molecule has 1 fully saturated rings. The van der Waals surface area contributed by atoms with E-state index in [0.717, 1.165) is 32.7 Å². The number of carbonyl (C=O) groups excluding carboxylic acids is 1. The predicted molar refractivity (Wildman–Crippen MR) is 89.1 cm³/mol. The summed E-state index contributed by atoms with van der Waals surface area (Å²) in [6.45, 7) is 12.1. The molecular weight excluding hydrogens is 276 g/mol. The first-order valence-corrected chi connectivity index (χ1v) is 8.18. The Hall–Kier alpha value is -1.55. The molecule has 1 N–H and O–H groups in total. The Morgan fingerprint density at radius 1 is 1.32 bits per heavy atom. The summed E-state index contributed by atoms with van der Waals surface area (Å²) in [6.07, 6.45) is 1.04. The lowest BCUT2D eigenvalue weighted by Gasteiger charge is -2.19. The highest BCUT2D eigenvalue weighted by Crippen LogP contribution is 2.18. The highest BCUT2D eigenvalue weighted by Gasteiger charge is 2.26. The van der Waals surface area contributed by atoms with Crippen molar-refractivity contribution in [2.45, 2.75) is 40.7 Å². The Morgan fingerprint density at radius 2 is 2.00 bits per heavy atom. The minimum absolute atomic E-state index is 0.0402. The number of ether oxygens (including phenoxy) is 1. The van der Waals surface area contributed by atoms with Crippen LogP contribution < -0.4 is 5.32 Å². The van der Waals surface area contributed by atoms with Crippen molar-refractivity contribution in [3.05, 3.63) is 34.4 Å². The molecule has 0 radical (unpaired) electrons. The van der Waals surface area contributed by atoms with Gasteiger partial charge in [0.1, 0.15) is 0 Å². The molecule has 4 nitrogen and oxygen atoms in total. The second kappa shape index (κ2) is 7.63. The van der Waals surface area contributed by atoms with Crippen LogP contribution in [0.2, 0.25) is 0 Å². The van der Waals surface area contributed by atoms with Crippen LogP contribution in [0.1, 0.15) is 35.6 Å². The maximum atomic E-state index is 12.3. The van der Waals surface area contributed by atoms with Crippen molar-refractivity contribution in [2.75, 3.05) is 26.3 Å². The zero-order chi connectivity index (χ0) is 16.1. The lowest BCUT2D eigenvalue weighted by atomic mass is 10.00. The molecule has 1 aromatic rings. The number of hydrogen-bond acceptors (Lipinski definition) is 2. The van der Waals surface area contributed by atoms with E-state index in [1.807, 2.05) is 11.8 Å². The summed E-state index contributed by atoms with van der Waals surface area (Å²) in [5, 5.41) is 3.06. The van der Waals surface area contributed by atoms with Gasteiger partial charge in [-0.05, 0) is 50.8 Å². The van der Waals surface area contributed by atoms with Crippen LogP contribution in [0.5, 0.6) is 0 Å². The average Bonchev–Trinajstić information content (AvgIpc) is 2.92. The van der Waals surface area contributed by atoms with E-state index in [2.05, 4.69) is 38.2 Å². The van der Waals surface area contributed by atoms with Gasteiger partial charge in [-0.2, -0.15) is 0 Å². The number of amides is 2. The summed E-state index contributed by atoms with van der Waals surface area (Å²) < 4.78 is 5.46. The molecule has 1 aliphatic heterocycles. The molecule has 1 aliphatic rings. The normalized spacial score (nSPS) is 17.8. The van der Waals surface area contributed by atoms with E-state index in [-0.39, 0.29) is 6.03 Å². The van der Waals surface area contributed by atoms with Crippen molar-refractivity contribution in [3.8, 4) is 0 Å². The zero-order valence-corrected chi connectivity index (χ0v) is 14.2. The largest absolute Gasteiger partial charge is 0.381 e. The average molecular weight is 304 g/mol. The fraction of sp³-hybridized carbons (Fsp3) is 0.611. The number of benzene rings is 1. The predicted octanol–water partition coefficient (Wildman–Crippen LogP) is 3.18. The first-order valence-electron chi connectivity index (χ1n) is 8.18. The number of hydrogen-bond donors (Lipinski definition) is 1. The molecule has 0 spiro atoms. The monoisotopic (exact) mass is 304 g/mol. The van der Waals surface area contributed by atoms with Crippen LogP contribution in [0.4, 0.5) is 4.79 Å². The molecule has 4 heteroatoms. The molecule has 0 bridgehead atoms. The van der Waals surface area contributed by atoms with Gasteiger partial charge in [0, 0.05) is 32.2 Å². The standard InChI is InChI=1S/C18H28N2O2/c1-5-22-12-16-6-7-20(11-16)18(21)19-10-17-14(3)8-13(2)9-15(17)4/h8-9,16H,5-7,10-12H2,1-4H3,(H,19,21)/t16-/m1/s1. The fourth-order valence-electron chi connectivity index (χ4n) is 3.20. The topological polar surface area (TPSA) is 41.6 Å². The van der Waals surface area contributed by atoms with Gasteiger partial charge in [-0.15, -0.1) is 0 Å². The number of rotatable bonds is 5. The van der Waals surface area contributed by atoms with Gasteiger partial charge in [0.2, 0.25) is 0 Å². The van der Waals surface area contributed by atoms with Gasteiger partial charge < -0.3 is 15.0 Å². The molecule has 2 amide bonds. The molecule has 0 aliphatic carbocycles. The lowest BCUT2D eigenvalue weighted by Crippen LogP contribution is -2.38. The van der Waals surface area contributed by atoms with Gasteiger partial charge in [0.05, 0.1) is 6.61 Å². The molecule has 1 atom stereocenters. The van der Waals surface area contributed by atoms with Crippen LogP contribution in [-0.2, 0) is 11.3 Å². The van der Waals surface area contributed by atoms with Crippen LogP contribution in [-0.4, -0.2) is 37.2 Å². The summed E-state index contributed by atoms with van der Waals surface area (Å²) in [6, 6.07) is 4.38. The van der Waals surface area contributed by atoms with Gasteiger partial charge >= 0.3 is 6.03 Å². The highest BCUT2D eigenvalue weighted by molar-refractivity contribution is 5.74. The van der Waals surface area contributed by atoms with Gasteiger partial charge in [-0.3, -0.25) is 0 Å². The third-order valence-electron chi connectivity index (χ3n) is 4.39. The highest BCUT2D eigenvalue weighted by atomic mass is 16.5. The summed E-state index contributed by atoms with van der Waals surface area (Å²) in [4.78, 5) is 14.2. The third-order valence-corrected chi connectivity index (χ3v) is 4.39. The van der Waals surface area contributed by atoms with E-state index in [9.17, 15) is 4.79 Å². The van der Waals surface area contributed by atoms with E-state index in [1.165, 1.54) is 22.3 Å². The van der Waals surface area contributed by atoms with Gasteiger partial charge in [0.15, 0.2) is 0 Å². The molecule has 2 rings (SSSR count). The Labute approximate surface area is 133 Å². The van der Waals surface area contributed by atoms with Crippen molar-refractivity contribution in [1.29, 1.82) is 0 Å². The smallest absolute Gasteiger partial charge is 0.317 e. The fourth-order valence-corrected chi connectivity index (χ4v) is 3.20.